The highest BCUT2D eigenvalue weighted by atomic mass is 79.9. The molecule has 0 radical (unpaired) electrons. The van der Waals surface area contributed by atoms with Crippen LogP contribution in [-0.4, -0.2) is 20.0 Å². The van der Waals surface area contributed by atoms with E-state index in [1.54, 1.807) is 0 Å². The summed E-state index contributed by atoms with van der Waals surface area (Å²) in [7, 11) is 0. The Morgan fingerprint density at radius 2 is 1.96 bits per heavy atom. The molecule has 1 aliphatic rings. The van der Waals surface area contributed by atoms with Crippen LogP contribution in [0.2, 0.25) is 0 Å². The quantitative estimate of drug-likeness (QED) is 0.468. The number of rotatable bonds is 3. The summed E-state index contributed by atoms with van der Waals surface area (Å²) in [6, 6.07) is 17.8. The number of nitrogens with one attached hydrogen (secondary N) is 1. The molecule has 1 saturated heterocycles. The van der Waals surface area contributed by atoms with Crippen LogP contribution in [0.4, 0.5) is 0 Å². The summed E-state index contributed by atoms with van der Waals surface area (Å²) in [6.45, 7) is 0. The number of halogens is 1. The second-order valence-electron chi connectivity index (χ2n) is 5.58. The zero-order valence-electron chi connectivity index (χ0n) is 13.3. The first-order valence-electron chi connectivity index (χ1n) is 7.76. The average Bonchev–Trinajstić information content (AvgIpc) is 3.19. The number of nitrogens with zero attached hydrogens (tertiary/aromatic N) is 2. The molecule has 1 amide bonds. The van der Waals surface area contributed by atoms with E-state index in [0.29, 0.717) is 9.23 Å². The van der Waals surface area contributed by atoms with E-state index >= 15 is 0 Å². The van der Waals surface area contributed by atoms with Gasteiger partial charge in [-0.3, -0.25) is 4.79 Å². The van der Waals surface area contributed by atoms with Crippen molar-refractivity contribution in [3.63, 3.8) is 0 Å². The number of thiocarbonyl (C=S) groups is 1. The SMILES string of the molecule is O=C1NC(=S)S/C1=C/c1cn(-c2ccccc2)nc1-c1cccc(Br)c1. The fraction of sp³-hybridized carbons (Fsp3) is 0. The number of carbonyl (C=O) groups excluding carboxylic acids is 1. The number of carbonyl (C=O) groups is 1. The van der Waals surface area contributed by atoms with Crippen molar-refractivity contribution in [2.45, 2.75) is 0 Å². The van der Waals surface area contributed by atoms with Crippen LogP contribution in [0, 0.1) is 0 Å². The van der Waals surface area contributed by atoms with Crippen molar-refractivity contribution in [2.75, 3.05) is 0 Å². The van der Waals surface area contributed by atoms with Crippen LogP contribution < -0.4 is 5.32 Å². The standard InChI is InChI=1S/C19H12BrN3OS2/c20-14-6-4-5-12(9-14)17-13(10-16-18(24)21-19(25)26-16)11-23(22-17)15-7-2-1-3-8-15/h1-11H,(H,21,24,25)/b16-10+. The van der Waals surface area contributed by atoms with Crippen LogP contribution >= 0.6 is 39.9 Å². The number of hydrogen-bond donors (Lipinski definition) is 1. The molecule has 0 atom stereocenters. The van der Waals surface area contributed by atoms with Crippen molar-refractivity contribution in [1.82, 2.24) is 15.1 Å². The summed E-state index contributed by atoms with van der Waals surface area (Å²) in [5.41, 5.74) is 3.57. The molecule has 0 spiro atoms. The molecule has 3 aromatic rings. The highest BCUT2D eigenvalue weighted by Crippen LogP contribution is 2.31. The lowest BCUT2D eigenvalue weighted by atomic mass is 10.1. The molecule has 128 valence electrons. The second kappa shape index (κ2) is 7.19. The second-order valence-corrected chi connectivity index (χ2v) is 8.21. The van der Waals surface area contributed by atoms with Gasteiger partial charge in [0.25, 0.3) is 5.91 Å². The Balaban J connectivity index is 1.86. The first-order valence-corrected chi connectivity index (χ1v) is 9.78. The van der Waals surface area contributed by atoms with Crippen molar-refractivity contribution in [1.29, 1.82) is 0 Å². The van der Waals surface area contributed by atoms with Gasteiger partial charge in [0.05, 0.1) is 10.6 Å². The van der Waals surface area contributed by atoms with Gasteiger partial charge >= 0.3 is 0 Å². The van der Waals surface area contributed by atoms with E-state index in [-0.39, 0.29) is 5.91 Å². The van der Waals surface area contributed by atoms with Gasteiger partial charge in [-0.2, -0.15) is 5.10 Å². The van der Waals surface area contributed by atoms with Crippen molar-refractivity contribution in [3.05, 3.63) is 75.7 Å². The summed E-state index contributed by atoms with van der Waals surface area (Å²) < 4.78 is 3.26. The van der Waals surface area contributed by atoms with Gasteiger partial charge < -0.3 is 5.32 Å². The Hall–Kier alpha value is -2.22. The van der Waals surface area contributed by atoms with Gasteiger partial charge in [0, 0.05) is 21.8 Å². The molecule has 0 saturated carbocycles. The Morgan fingerprint density at radius 1 is 1.15 bits per heavy atom. The van der Waals surface area contributed by atoms with E-state index in [4.69, 9.17) is 17.3 Å². The minimum Gasteiger partial charge on any atom is -0.307 e. The van der Waals surface area contributed by atoms with Gasteiger partial charge in [0.15, 0.2) is 0 Å². The maximum atomic E-state index is 12.0. The van der Waals surface area contributed by atoms with Crippen LogP contribution in [0.5, 0.6) is 0 Å². The van der Waals surface area contributed by atoms with E-state index in [0.717, 1.165) is 27.0 Å². The van der Waals surface area contributed by atoms with Crippen LogP contribution in [0.1, 0.15) is 5.56 Å². The predicted octanol–water partition coefficient (Wildman–Crippen LogP) is 4.79. The Labute approximate surface area is 168 Å². The maximum absolute atomic E-state index is 12.0. The normalized spacial score (nSPS) is 15.5. The van der Waals surface area contributed by atoms with E-state index in [2.05, 4.69) is 21.2 Å². The Kier molecular flexibility index (Phi) is 4.76. The molecule has 0 bridgehead atoms. The molecule has 7 heteroatoms. The van der Waals surface area contributed by atoms with E-state index in [9.17, 15) is 4.79 Å². The number of hydrogen-bond acceptors (Lipinski definition) is 4. The number of aromatic nitrogens is 2. The summed E-state index contributed by atoms with van der Waals surface area (Å²) in [6.07, 6.45) is 3.76. The minimum atomic E-state index is -0.173. The number of thioether (sulfide) groups is 1. The molecule has 1 fully saturated rings. The van der Waals surface area contributed by atoms with Gasteiger partial charge in [0.1, 0.15) is 10.0 Å². The number of para-hydroxylation sites is 1. The van der Waals surface area contributed by atoms with Gasteiger partial charge in [-0.25, -0.2) is 4.68 Å². The molecule has 2 heterocycles. The minimum absolute atomic E-state index is 0.173. The van der Waals surface area contributed by atoms with Crippen LogP contribution in [-0.2, 0) is 4.79 Å². The van der Waals surface area contributed by atoms with Crippen LogP contribution in [0.25, 0.3) is 23.0 Å². The van der Waals surface area contributed by atoms with Crippen LogP contribution in [0.3, 0.4) is 0 Å². The number of benzene rings is 2. The summed E-state index contributed by atoms with van der Waals surface area (Å²) in [4.78, 5) is 12.6. The molecule has 4 rings (SSSR count). The smallest absolute Gasteiger partial charge is 0.263 e. The fourth-order valence-corrected chi connectivity index (χ4v) is 4.06. The molecule has 1 aliphatic heterocycles. The van der Waals surface area contributed by atoms with Crippen molar-refractivity contribution in [2.24, 2.45) is 0 Å². The highest BCUT2D eigenvalue weighted by Gasteiger charge is 2.23. The first-order chi connectivity index (χ1) is 12.6. The molecule has 1 N–H and O–H groups in total. The van der Waals surface area contributed by atoms with Gasteiger partial charge in [-0.15, -0.1) is 0 Å². The number of amides is 1. The van der Waals surface area contributed by atoms with Crippen molar-refractivity contribution >= 4 is 56.2 Å². The summed E-state index contributed by atoms with van der Waals surface area (Å²) in [5.74, 6) is -0.173. The summed E-state index contributed by atoms with van der Waals surface area (Å²) >= 11 is 9.85. The first kappa shape index (κ1) is 17.2. The van der Waals surface area contributed by atoms with Crippen molar-refractivity contribution in [3.8, 4) is 16.9 Å². The molecular weight excluding hydrogens is 430 g/mol. The van der Waals surface area contributed by atoms with E-state index in [1.807, 2.05) is 71.6 Å². The zero-order chi connectivity index (χ0) is 18.1. The topological polar surface area (TPSA) is 46.9 Å². The maximum Gasteiger partial charge on any atom is 0.263 e. The lowest BCUT2D eigenvalue weighted by molar-refractivity contribution is -0.115. The van der Waals surface area contributed by atoms with Crippen LogP contribution in [0.15, 0.2) is 70.2 Å². The molecule has 26 heavy (non-hydrogen) atoms. The average molecular weight is 442 g/mol. The lowest BCUT2D eigenvalue weighted by Crippen LogP contribution is -2.17. The predicted molar refractivity (Wildman–Crippen MR) is 113 cm³/mol. The van der Waals surface area contributed by atoms with E-state index < -0.39 is 0 Å². The third-order valence-corrected chi connectivity index (χ3v) is 5.45. The Morgan fingerprint density at radius 3 is 2.65 bits per heavy atom. The molecular formula is C19H12BrN3OS2. The van der Waals surface area contributed by atoms with Gasteiger partial charge in [0.2, 0.25) is 0 Å². The lowest BCUT2D eigenvalue weighted by Gasteiger charge is -2.01. The highest BCUT2D eigenvalue weighted by molar-refractivity contribution is 9.10. The molecule has 2 aromatic carbocycles. The zero-order valence-corrected chi connectivity index (χ0v) is 16.6. The largest absolute Gasteiger partial charge is 0.307 e. The monoisotopic (exact) mass is 441 g/mol. The third kappa shape index (κ3) is 3.51. The Bertz CT molecular complexity index is 1040. The molecule has 4 nitrogen and oxygen atoms in total. The molecule has 1 aromatic heterocycles. The third-order valence-electron chi connectivity index (χ3n) is 3.79. The molecule has 0 aliphatic carbocycles. The van der Waals surface area contributed by atoms with E-state index in [1.165, 1.54) is 11.8 Å². The van der Waals surface area contributed by atoms with Crippen molar-refractivity contribution < 1.29 is 4.79 Å². The summed E-state index contributed by atoms with van der Waals surface area (Å²) in [5, 5.41) is 7.40. The van der Waals surface area contributed by atoms with Gasteiger partial charge in [-0.1, -0.05) is 70.2 Å². The fourth-order valence-electron chi connectivity index (χ4n) is 2.63. The molecule has 0 unspecified atom stereocenters. The van der Waals surface area contributed by atoms with Gasteiger partial charge in [-0.05, 0) is 30.3 Å².